The quantitative estimate of drug-likeness (QED) is 0.449. The Kier molecular flexibility index (Phi) is 8.49. The molecule has 1 aliphatic heterocycles. The van der Waals surface area contributed by atoms with E-state index in [4.69, 9.17) is 15.2 Å². The number of ether oxygens (including phenoxy) is 2. The summed E-state index contributed by atoms with van der Waals surface area (Å²) in [5.41, 5.74) is 8.75. The van der Waals surface area contributed by atoms with Crippen LogP contribution in [0.3, 0.4) is 0 Å². The number of hydrogen-bond acceptors (Lipinski definition) is 6. The number of anilines is 1. The summed E-state index contributed by atoms with van der Waals surface area (Å²) in [5.74, 6) is 2.62. The minimum Gasteiger partial charge on any atom is -0.493 e. The summed E-state index contributed by atoms with van der Waals surface area (Å²) >= 11 is 1.84. The third-order valence-corrected chi connectivity index (χ3v) is 6.63. The predicted octanol–water partition coefficient (Wildman–Crippen LogP) is 3.33. The summed E-state index contributed by atoms with van der Waals surface area (Å²) in [6.07, 6.45) is 2.23. The Morgan fingerprint density at radius 1 is 1.06 bits per heavy atom. The van der Waals surface area contributed by atoms with E-state index in [0.29, 0.717) is 12.2 Å². The highest BCUT2D eigenvalue weighted by Gasteiger charge is 2.22. The van der Waals surface area contributed by atoms with Gasteiger partial charge >= 0.3 is 0 Å². The number of thioether (sulfide) groups is 1. The first kappa shape index (κ1) is 23.3. The van der Waals surface area contributed by atoms with Crippen LogP contribution < -0.4 is 15.2 Å². The lowest BCUT2D eigenvalue weighted by Crippen LogP contribution is -2.35. The van der Waals surface area contributed by atoms with E-state index in [9.17, 15) is 4.79 Å². The maximum atomic E-state index is 12.8. The molecule has 0 radical (unpaired) electrons. The van der Waals surface area contributed by atoms with Crippen molar-refractivity contribution < 1.29 is 14.3 Å². The SMILES string of the molecule is COc1cc2c(cc1OC)CC(=O)N(CCCN(C)CCSc1ccc(N)cc1)CC2. The van der Waals surface area contributed by atoms with E-state index in [1.165, 1.54) is 10.5 Å². The molecule has 0 saturated carbocycles. The van der Waals surface area contributed by atoms with Crippen molar-refractivity contribution in [3.05, 3.63) is 47.5 Å². The fourth-order valence-corrected chi connectivity index (χ4v) is 4.75. The van der Waals surface area contributed by atoms with Gasteiger partial charge in [0.2, 0.25) is 5.91 Å². The van der Waals surface area contributed by atoms with Crippen molar-refractivity contribution in [3.63, 3.8) is 0 Å². The topological polar surface area (TPSA) is 68.0 Å². The molecule has 2 N–H and O–H groups in total. The number of carbonyl (C=O) groups is 1. The van der Waals surface area contributed by atoms with Crippen LogP contribution in [0.1, 0.15) is 17.5 Å². The second-order valence-corrected chi connectivity index (χ2v) is 9.03. The van der Waals surface area contributed by atoms with Gasteiger partial charge in [0.05, 0.1) is 20.6 Å². The Labute approximate surface area is 189 Å². The number of nitrogens with two attached hydrogens (primary N) is 1. The fourth-order valence-electron chi connectivity index (χ4n) is 3.78. The molecular weight excluding hydrogens is 410 g/mol. The number of hydrogen-bond donors (Lipinski definition) is 1. The third kappa shape index (κ3) is 6.55. The van der Waals surface area contributed by atoms with Crippen molar-refractivity contribution in [2.45, 2.75) is 24.2 Å². The molecule has 0 aromatic heterocycles. The molecule has 1 amide bonds. The minimum atomic E-state index is 0.188. The average molecular weight is 444 g/mol. The standard InChI is InChI=1S/C24H33N3O3S/c1-26(13-14-31-21-7-5-20(25)6-8-21)10-4-11-27-12-9-18-15-22(29-2)23(30-3)16-19(18)17-24(27)28/h5-8,15-16H,4,9-14,17,25H2,1-3H3. The van der Waals surface area contributed by atoms with Crippen molar-refractivity contribution in [3.8, 4) is 11.5 Å². The Bertz CT molecular complexity index is 873. The summed E-state index contributed by atoms with van der Waals surface area (Å²) in [4.78, 5) is 18.4. The van der Waals surface area contributed by atoms with Crippen LogP contribution in [0.15, 0.2) is 41.3 Å². The number of nitrogens with zero attached hydrogens (tertiary/aromatic N) is 2. The summed E-state index contributed by atoms with van der Waals surface area (Å²) in [6, 6.07) is 12.0. The van der Waals surface area contributed by atoms with Gasteiger partial charge in [-0.3, -0.25) is 4.79 Å². The van der Waals surface area contributed by atoms with Gasteiger partial charge in [-0.1, -0.05) is 0 Å². The van der Waals surface area contributed by atoms with E-state index < -0.39 is 0 Å². The van der Waals surface area contributed by atoms with Gasteiger partial charge in [0, 0.05) is 36.0 Å². The number of fused-ring (bicyclic) bond motifs is 1. The van der Waals surface area contributed by atoms with Crippen molar-refractivity contribution in [1.82, 2.24) is 9.80 Å². The number of amides is 1. The molecule has 2 aromatic rings. The lowest BCUT2D eigenvalue weighted by atomic mass is 10.0. The van der Waals surface area contributed by atoms with E-state index in [1.807, 2.05) is 40.9 Å². The fraction of sp³-hybridized carbons (Fsp3) is 0.458. The Morgan fingerprint density at radius 3 is 2.42 bits per heavy atom. The molecule has 0 atom stereocenters. The lowest BCUT2D eigenvalue weighted by molar-refractivity contribution is -0.130. The minimum absolute atomic E-state index is 0.188. The molecule has 1 aliphatic rings. The second kappa shape index (κ2) is 11.3. The second-order valence-electron chi connectivity index (χ2n) is 7.86. The van der Waals surface area contributed by atoms with Crippen LogP contribution in [0.2, 0.25) is 0 Å². The zero-order valence-corrected chi connectivity index (χ0v) is 19.5. The molecule has 0 spiro atoms. The molecule has 0 unspecified atom stereocenters. The number of benzene rings is 2. The van der Waals surface area contributed by atoms with E-state index in [1.54, 1.807) is 14.2 Å². The molecule has 2 aromatic carbocycles. The Hall–Kier alpha value is -2.38. The zero-order valence-electron chi connectivity index (χ0n) is 18.7. The molecular formula is C24H33N3O3S. The van der Waals surface area contributed by atoms with Crippen LogP contribution >= 0.6 is 11.8 Å². The van der Waals surface area contributed by atoms with Gasteiger partial charge in [0.25, 0.3) is 0 Å². The normalized spacial score (nSPS) is 13.8. The monoisotopic (exact) mass is 443 g/mol. The lowest BCUT2D eigenvalue weighted by Gasteiger charge is -2.22. The van der Waals surface area contributed by atoms with E-state index >= 15 is 0 Å². The van der Waals surface area contributed by atoms with E-state index in [0.717, 1.165) is 61.8 Å². The van der Waals surface area contributed by atoms with Gasteiger partial charge in [-0.05, 0) is 74.0 Å². The Morgan fingerprint density at radius 2 is 1.74 bits per heavy atom. The molecule has 0 fully saturated rings. The molecule has 0 saturated heterocycles. The van der Waals surface area contributed by atoms with Crippen LogP contribution in [0.4, 0.5) is 5.69 Å². The van der Waals surface area contributed by atoms with Gasteiger partial charge in [-0.2, -0.15) is 0 Å². The molecule has 0 aliphatic carbocycles. The number of nitrogen functional groups attached to an aromatic ring is 1. The maximum absolute atomic E-state index is 12.8. The smallest absolute Gasteiger partial charge is 0.227 e. The summed E-state index contributed by atoms with van der Waals surface area (Å²) < 4.78 is 10.8. The highest BCUT2D eigenvalue weighted by atomic mass is 32.2. The van der Waals surface area contributed by atoms with Crippen LogP contribution in [-0.4, -0.2) is 68.9 Å². The first-order valence-corrected chi connectivity index (χ1v) is 11.7. The van der Waals surface area contributed by atoms with Crippen LogP contribution in [0.25, 0.3) is 0 Å². The van der Waals surface area contributed by atoms with Gasteiger partial charge < -0.3 is 25.0 Å². The zero-order chi connectivity index (χ0) is 22.2. The van der Waals surface area contributed by atoms with Crippen molar-refractivity contribution in [1.29, 1.82) is 0 Å². The summed E-state index contributed by atoms with van der Waals surface area (Å²) in [6.45, 7) is 3.52. The molecule has 6 nitrogen and oxygen atoms in total. The Balaban J connectivity index is 1.43. The first-order chi connectivity index (χ1) is 15.0. The number of carbonyl (C=O) groups excluding carboxylic acids is 1. The predicted molar refractivity (Wildman–Crippen MR) is 127 cm³/mol. The van der Waals surface area contributed by atoms with Gasteiger partial charge in [-0.15, -0.1) is 11.8 Å². The van der Waals surface area contributed by atoms with Crippen molar-refractivity contribution in [2.24, 2.45) is 0 Å². The van der Waals surface area contributed by atoms with Gasteiger partial charge in [0.15, 0.2) is 11.5 Å². The van der Waals surface area contributed by atoms with E-state index in [2.05, 4.69) is 24.1 Å². The highest BCUT2D eigenvalue weighted by Crippen LogP contribution is 2.32. The molecule has 1 heterocycles. The van der Waals surface area contributed by atoms with Crippen LogP contribution in [-0.2, 0) is 17.6 Å². The molecule has 0 bridgehead atoms. The molecule has 3 rings (SSSR count). The number of rotatable bonds is 10. The molecule has 7 heteroatoms. The van der Waals surface area contributed by atoms with Gasteiger partial charge in [0.1, 0.15) is 0 Å². The largest absolute Gasteiger partial charge is 0.493 e. The van der Waals surface area contributed by atoms with Crippen LogP contribution in [0.5, 0.6) is 11.5 Å². The number of methoxy groups -OCH3 is 2. The van der Waals surface area contributed by atoms with Gasteiger partial charge in [-0.25, -0.2) is 0 Å². The highest BCUT2D eigenvalue weighted by molar-refractivity contribution is 7.99. The molecule has 31 heavy (non-hydrogen) atoms. The summed E-state index contributed by atoms with van der Waals surface area (Å²) in [7, 11) is 5.41. The van der Waals surface area contributed by atoms with E-state index in [-0.39, 0.29) is 5.91 Å². The first-order valence-electron chi connectivity index (χ1n) is 10.7. The third-order valence-electron chi connectivity index (χ3n) is 5.64. The summed E-state index contributed by atoms with van der Waals surface area (Å²) in [5, 5.41) is 0. The average Bonchev–Trinajstić information content (AvgIpc) is 2.92. The maximum Gasteiger partial charge on any atom is 0.227 e. The van der Waals surface area contributed by atoms with Crippen LogP contribution in [0, 0.1) is 0 Å². The molecule has 168 valence electrons. The van der Waals surface area contributed by atoms with Crippen molar-refractivity contribution >= 4 is 23.4 Å². The van der Waals surface area contributed by atoms with Crippen molar-refractivity contribution in [2.75, 3.05) is 58.9 Å².